The summed E-state index contributed by atoms with van der Waals surface area (Å²) in [5, 5.41) is 2.68. The van der Waals surface area contributed by atoms with Crippen molar-refractivity contribution in [1.82, 2.24) is 5.32 Å². The van der Waals surface area contributed by atoms with Gasteiger partial charge in [0.1, 0.15) is 6.61 Å². The minimum absolute atomic E-state index is 0.283. The number of carbonyl (C=O) groups excluding carboxylic acids is 1. The van der Waals surface area contributed by atoms with Crippen molar-refractivity contribution in [3.05, 3.63) is 60.2 Å². The summed E-state index contributed by atoms with van der Waals surface area (Å²) in [6.45, 7) is 2.70. The first-order valence-electron chi connectivity index (χ1n) is 5.55. The molecular formula is C14H17NO2. The van der Waals surface area contributed by atoms with Gasteiger partial charge in [-0.15, -0.1) is 0 Å². The molecule has 90 valence electrons. The van der Waals surface area contributed by atoms with Gasteiger partial charge < -0.3 is 10.1 Å². The van der Waals surface area contributed by atoms with Crippen LogP contribution in [0.2, 0.25) is 0 Å². The van der Waals surface area contributed by atoms with Crippen LogP contribution in [-0.2, 0) is 11.3 Å². The van der Waals surface area contributed by atoms with Gasteiger partial charge in [-0.1, -0.05) is 48.6 Å². The average Bonchev–Trinajstić information content (AvgIpc) is 2.37. The molecule has 3 nitrogen and oxygen atoms in total. The van der Waals surface area contributed by atoms with Gasteiger partial charge in [0.05, 0.1) is 0 Å². The molecule has 0 radical (unpaired) electrons. The van der Waals surface area contributed by atoms with Crippen molar-refractivity contribution in [2.24, 2.45) is 0 Å². The molecule has 1 aromatic carbocycles. The molecule has 1 aromatic rings. The minimum Gasteiger partial charge on any atom is -0.445 e. The van der Waals surface area contributed by atoms with Crippen LogP contribution in [0, 0.1) is 0 Å². The number of amides is 1. The van der Waals surface area contributed by atoms with Crippen molar-refractivity contribution in [3.8, 4) is 0 Å². The number of benzene rings is 1. The zero-order valence-corrected chi connectivity index (χ0v) is 9.93. The lowest BCUT2D eigenvalue weighted by Crippen LogP contribution is -2.23. The van der Waals surface area contributed by atoms with Gasteiger partial charge in [0.25, 0.3) is 0 Å². The first-order chi connectivity index (χ1) is 8.33. The number of ether oxygens (including phenoxy) is 1. The summed E-state index contributed by atoms with van der Waals surface area (Å²) < 4.78 is 4.94. The summed E-state index contributed by atoms with van der Waals surface area (Å²) in [5.41, 5.74) is 1.05. The first kappa shape index (κ1) is 13.0. The maximum atomic E-state index is 11.3. The van der Waals surface area contributed by atoms with Gasteiger partial charge in [0, 0.05) is 6.54 Å². The molecule has 0 heterocycles. The smallest absolute Gasteiger partial charge is 0.407 e. The summed E-state index contributed by atoms with van der Waals surface area (Å²) in [6, 6.07) is 9.71. The lowest BCUT2D eigenvalue weighted by atomic mass is 10.2. The summed E-state index contributed by atoms with van der Waals surface area (Å²) in [4.78, 5) is 11.3. The fourth-order valence-corrected chi connectivity index (χ4v) is 1.19. The Morgan fingerprint density at radius 1 is 1.29 bits per heavy atom. The van der Waals surface area contributed by atoms with Crippen molar-refractivity contribution >= 4 is 6.09 Å². The van der Waals surface area contributed by atoms with E-state index in [4.69, 9.17) is 4.74 Å². The highest BCUT2D eigenvalue weighted by atomic mass is 16.5. The molecule has 0 fully saturated rings. The van der Waals surface area contributed by atoms with Gasteiger partial charge >= 0.3 is 6.09 Å². The summed E-state index contributed by atoms with van der Waals surface area (Å²) >= 11 is 0. The Morgan fingerprint density at radius 3 is 2.76 bits per heavy atom. The molecule has 17 heavy (non-hydrogen) atoms. The predicted octanol–water partition coefficient (Wildman–Crippen LogP) is 3.05. The monoisotopic (exact) mass is 231 g/mol. The Morgan fingerprint density at radius 2 is 2.06 bits per heavy atom. The van der Waals surface area contributed by atoms with Crippen molar-refractivity contribution < 1.29 is 9.53 Å². The molecule has 0 spiro atoms. The first-order valence-corrected chi connectivity index (χ1v) is 5.55. The fourth-order valence-electron chi connectivity index (χ4n) is 1.19. The Kier molecular flexibility index (Phi) is 6.26. The molecule has 1 rings (SSSR count). The normalized spacial score (nSPS) is 10.9. The number of hydrogen-bond acceptors (Lipinski definition) is 2. The van der Waals surface area contributed by atoms with E-state index < -0.39 is 6.09 Å². The largest absolute Gasteiger partial charge is 0.445 e. The number of nitrogens with one attached hydrogen (secondary N) is 1. The lowest BCUT2D eigenvalue weighted by Gasteiger charge is -2.04. The molecule has 0 atom stereocenters. The Bertz CT molecular complexity index is 382. The Labute approximate surface area is 102 Å². The fraction of sp³-hybridized carbons (Fsp3) is 0.214. The zero-order valence-electron chi connectivity index (χ0n) is 9.93. The molecular weight excluding hydrogens is 214 g/mol. The third-order valence-electron chi connectivity index (χ3n) is 2.03. The second-order valence-electron chi connectivity index (χ2n) is 3.39. The van der Waals surface area contributed by atoms with E-state index in [2.05, 4.69) is 5.32 Å². The molecule has 3 heteroatoms. The molecule has 1 amide bonds. The van der Waals surface area contributed by atoms with Crippen LogP contribution in [0.4, 0.5) is 4.79 Å². The summed E-state index contributed by atoms with van der Waals surface area (Å²) in [6.07, 6.45) is 7.00. The van der Waals surface area contributed by atoms with Crippen LogP contribution in [0.5, 0.6) is 0 Å². The molecule has 0 unspecified atom stereocenters. The summed E-state index contributed by atoms with van der Waals surface area (Å²) in [7, 11) is 0. The van der Waals surface area contributed by atoms with E-state index in [0.29, 0.717) is 6.54 Å². The number of carbonyl (C=O) groups is 1. The molecule has 0 aliphatic rings. The van der Waals surface area contributed by atoms with E-state index in [-0.39, 0.29) is 6.61 Å². The third kappa shape index (κ3) is 6.20. The van der Waals surface area contributed by atoms with E-state index in [1.807, 2.05) is 55.5 Å². The average molecular weight is 231 g/mol. The Hall–Kier alpha value is -2.03. The lowest BCUT2D eigenvalue weighted by molar-refractivity contribution is 0.157. The minimum atomic E-state index is -0.404. The molecule has 1 N–H and O–H groups in total. The van der Waals surface area contributed by atoms with E-state index in [1.54, 1.807) is 6.08 Å². The second kappa shape index (κ2) is 8.16. The van der Waals surface area contributed by atoms with Crippen LogP contribution in [-0.4, -0.2) is 12.7 Å². The zero-order chi connectivity index (χ0) is 12.3. The van der Waals surface area contributed by atoms with Gasteiger partial charge in [-0.05, 0) is 18.6 Å². The van der Waals surface area contributed by atoms with E-state index >= 15 is 0 Å². The van der Waals surface area contributed by atoms with Crippen LogP contribution in [0.25, 0.3) is 0 Å². The highest BCUT2D eigenvalue weighted by Gasteiger charge is 1.99. The van der Waals surface area contributed by atoms with Crippen molar-refractivity contribution in [3.63, 3.8) is 0 Å². The van der Waals surface area contributed by atoms with Crippen molar-refractivity contribution in [2.75, 3.05) is 6.61 Å². The topological polar surface area (TPSA) is 38.3 Å². The molecule has 0 saturated carbocycles. The standard InChI is InChI=1S/C14H17NO2/c1-2-3-4-8-11-17-14(16)15-12-13-9-6-5-7-10-13/h2-10H,11-12H2,1H3,(H,15,16)/b3-2+,8-4+. The van der Waals surface area contributed by atoms with Gasteiger partial charge in [-0.3, -0.25) is 0 Å². The number of rotatable bonds is 5. The van der Waals surface area contributed by atoms with Crippen LogP contribution < -0.4 is 5.32 Å². The second-order valence-corrected chi connectivity index (χ2v) is 3.39. The van der Waals surface area contributed by atoms with Crippen LogP contribution in [0.1, 0.15) is 12.5 Å². The molecule has 0 bridgehead atoms. The van der Waals surface area contributed by atoms with Gasteiger partial charge in [0.2, 0.25) is 0 Å². The third-order valence-corrected chi connectivity index (χ3v) is 2.03. The quantitative estimate of drug-likeness (QED) is 0.791. The van der Waals surface area contributed by atoms with E-state index in [9.17, 15) is 4.79 Å². The SMILES string of the molecule is C/C=C/C=C/COC(=O)NCc1ccccc1. The van der Waals surface area contributed by atoms with Crippen molar-refractivity contribution in [1.29, 1.82) is 0 Å². The Balaban J connectivity index is 2.18. The molecule has 0 aliphatic carbocycles. The van der Waals surface area contributed by atoms with E-state index in [1.165, 1.54) is 0 Å². The van der Waals surface area contributed by atoms with Crippen LogP contribution >= 0.6 is 0 Å². The molecule has 0 aromatic heterocycles. The highest BCUT2D eigenvalue weighted by Crippen LogP contribution is 1.97. The van der Waals surface area contributed by atoms with E-state index in [0.717, 1.165) is 5.56 Å². The van der Waals surface area contributed by atoms with Gasteiger partial charge in [-0.2, -0.15) is 0 Å². The highest BCUT2D eigenvalue weighted by molar-refractivity contribution is 5.67. The predicted molar refractivity (Wildman–Crippen MR) is 68.6 cm³/mol. The van der Waals surface area contributed by atoms with Crippen LogP contribution in [0.3, 0.4) is 0 Å². The van der Waals surface area contributed by atoms with Gasteiger partial charge in [0.15, 0.2) is 0 Å². The maximum absolute atomic E-state index is 11.3. The number of hydrogen-bond donors (Lipinski definition) is 1. The maximum Gasteiger partial charge on any atom is 0.407 e. The van der Waals surface area contributed by atoms with Crippen molar-refractivity contribution in [2.45, 2.75) is 13.5 Å². The number of alkyl carbamates (subject to hydrolysis) is 1. The number of allylic oxidation sites excluding steroid dienone is 3. The van der Waals surface area contributed by atoms with Crippen LogP contribution in [0.15, 0.2) is 54.6 Å². The molecule has 0 saturated heterocycles. The van der Waals surface area contributed by atoms with Gasteiger partial charge in [-0.25, -0.2) is 4.79 Å². The summed E-state index contributed by atoms with van der Waals surface area (Å²) in [5.74, 6) is 0. The molecule has 0 aliphatic heterocycles.